The molecule has 2 aromatic rings. The molecule has 0 aliphatic heterocycles. The molecule has 0 aliphatic rings. The molecule has 2 atom stereocenters. The van der Waals surface area contributed by atoms with Gasteiger partial charge in [0.15, 0.2) is 0 Å². The summed E-state index contributed by atoms with van der Waals surface area (Å²) in [5.74, 6) is 0.319. The lowest BCUT2D eigenvalue weighted by Crippen LogP contribution is -2.26. The van der Waals surface area contributed by atoms with E-state index in [1.165, 1.54) is 16.7 Å². The normalized spacial score (nSPS) is 14.1. The lowest BCUT2D eigenvalue weighted by Gasteiger charge is -2.21. The molecule has 1 nitrogen and oxygen atoms in total. The SMILES string of the molecule is Cc1ccc(C[C@H](c2ccc(Cl)cc2)C(C)N)cc1. The fraction of sp³-hybridized carbons (Fsp3) is 0.294. The minimum Gasteiger partial charge on any atom is -0.327 e. The van der Waals surface area contributed by atoms with Gasteiger partial charge in [-0.05, 0) is 43.5 Å². The van der Waals surface area contributed by atoms with Crippen LogP contribution in [0.1, 0.15) is 29.5 Å². The van der Waals surface area contributed by atoms with Gasteiger partial charge in [0.1, 0.15) is 0 Å². The molecular formula is C17H20ClN. The van der Waals surface area contributed by atoms with Crippen molar-refractivity contribution in [2.75, 3.05) is 0 Å². The Hall–Kier alpha value is -1.31. The Kier molecular flexibility index (Phi) is 4.62. The molecule has 0 aliphatic carbocycles. The number of hydrogen-bond donors (Lipinski definition) is 1. The van der Waals surface area contributed by atoms with Crippen LogP contribution < -0.4 is 5.73 Å². The zero-order chi connectivity index (χ0) is 13.8. The van der Waals surface area contributed by atoms with Crippen molar-refractivity contribution in [2.24, 2.45) is 5.73 Å². The highest BCUT2D eigenvalue weighted by molar-refractivity contribution is 6.30. The smallest absolute Gasteiger partial charge is 0.0406 e. The summed E-state index contributed by atoms with van der Waals surface area (Å²) in [6.45, 7) is 4.17. The van der Waals surface area contributed by atoms with Crippen molar-refractivity contribution in [3.05, 3.63) is 70.2 Å². The molecule has 0 saturated heterocycles. The maximum atomic E-state index is 6.15. The fourth-order valence-electron chi connectivity index (χ4n) is 2.30. The van der Waals surface area contributed by atoms with Crippen molar-refractivity contribution < 1.29 is 0 Å². The highest BCUT2D eigenvalue weighted by Gasteiger charge is 2.16. The predicted molar refractivity (Wildman–Crippen MR) is 82.7 cm³/mol. The molecule has 19 heavy (non-hydrogen) atoms. The molecular weight excluding hydrogens is 254 g/mol. The summed E-state index contributed by atoms with van der Waals surface area (Å²) in [6.07, 6.45) is 0.958. The van der Waals surface area contributed by atoms with Crippen LogP contribution in [0.5, 0.6) is 0 Å². The van der Waals surface area contributed by atoms with E-state index in [1.54, 1.807) is 0 Å². The van der Waals surface area contributed by atoms with Gasteiger partial charge in [0, 0.05) is 17.0 Å². The third-order valence-electron chi connectivity index (χ3n) is 3.51. The second-order valence-electron chi connectivity index (χ2n) is 5.21. The van der Waals surface area contributed by atoms with E-state index in [0.717, 1.165) is 11.4 Å². The van der Waals surface area contributed by atoms with Crippen molar-refractivity contribution in [1.82, 2.24) is 0 Å². The molecule has 0 heterocycles. The summed E-state index contributed by atoms with van der Waals surface area (Å²) in [5.41, 5.74) is 10.0. The van der Waals surface area contributed by atoms with Crippen LogP contribution in [0.4, 0.5) is 0 Å². The van der Waals surface area contributed by atoms with Crippen molar-refractivity contribution in [3.8, 4) is 0 Å². The Bertz CT molecular complexity index is 514. The minimum absolute atomic E-state index is 0.113. The maximum absolute atomic E-state index is 6.15. The van der Waals surface area contributed by atoms with Gasteiger partial charge < -0.3 is 5.73 Å². The van der Waals surface area contributed by atoms with Crippen molar-refractivity contribution >= 4 is 11.6 Å². The molecule has 2 aromatic carbocycles. The Balaban J connectivity index is 2.21. The molecule has 0 amide bonds. The molecule has 0 radical (unpaired) electrons. The van der Waals surface area contributed by atoms with Gasteiger partial charge in [-0.2, -0.15) is 0 Å². The fourth-order valence-corrected chi connectivity index (χ4v) is 2.42. The van der Waals surface area contributed by atoms with Crippen LogP contribution >= 0.6 is 11.6 Å². The summed E-state index contributed by atoms with van der Waals surface area (Å²) in [6, 6.07) is 16.8. The molecule has 100 valence electrons. The second kappa shape index (κ2) is 6.23. The van der Waals surface area contributed by atoms with E-state index in [9.17, 15) is 0 Å². The number of benzene rings is 2. The van der Waals surface area contributed by atoms with Gasteiger partial charge >= 0.3 is 0 Å². The first-order valence-electron chi connectivity index (χ1n) is 6.63. The zero-order valence-electron chi connectivity index (χ0n) is 11.4. The van der Waals surface area contributed by atoms with Gasteiger partial charge in [0.05, 0.1) is 0 Å². The van der Waals surface area contributed by atoms with Gasteiger partial charge in [0.2, 0.25) is 0 Å². The Morgan fingerprint density at radius 1 is 1.00 bits per heavy atom. The van der Waals surface area contributed by atoms with Gasteiger partial charge in [-0.25, -0.2) is 0 Å². The van der Waals surface area contributed by atoms with Gasteiger partial charge in [-0.15, -0.1) is 0 Å². The van der Waals surface area contributed by atoms with Crippen LogP contribution in [0, 0.1) is 6.92 Å². The van der Waals surface area contributed by atoms with E-state index in [-0.39, 0.29) is 6.04 Å². The first-order chi connectivity index (χ1) is 9.06. The Morgan fingerprint density at radius 3 is 2.11 bits per heavy atom. The van der Waals surface area contributed by atoms with Crippen LogP contribution in [-0.4, -0.2) is 6.04 Å². The van der Waals surface area contributed by atoms with Gasteiger partial charge in [0.25, 0.3) is 0 Å². The predicted octanol–water partition coefficient (Wildman–Crippen LogP) is 4.32. The minimum atomic E-state index is 0.113. The lowest BCUT2D eigenvalue weighted by molar-refractivity contribution is 0.565. The highest BCUT2D eigenvalue weighted by atomic mass is 35.5. The molecule has 2 heteroatoms. The van der Waals surface area contributed by atoms with Crippen LogP contribution in [0.2, 0.25) is 5.02 Å². The monoisotopic (exact) mass is 273 g/mol. The molecule has 0 fully saturated rings. The number of nitrogens with two attached hydrogens (primary N) is 1. The largest absolute Gasteiger partial charge is 0.327 e. The first kappa shape index (κ1) is 14.1. The Morgan fingerprint density at radius 2 is 1.58 bits per heavy atom. The van der Waals surface area contributed by atoms with Crippen LogP contribution in [-0.2, 0) is 6.42 Å². The van der Waals surface area contributed by atoms with E-state index in [1.807, 2.05) is 12.1 Å². The second-order valence-corrected chi connectivity index (χ2v) is 5.64. The highest BCUT2D eigenvalue weighted by Crippen LogP contribution is 2.25. The molecule has 0 spiro atoms. The summed E-state index contributed by atoms with van der Waals surface area (Å²) in [5, 5.41) is 0.766. The van der Waals surface area contributed by atoms with Crippen molar-refractivity contribution in [3.63, 3.8) is 0 Å². The average Bonchev–Trinajstić information content (AvgIpc) is 2.39. The summed E-state index contributed by atoms with van der Waals surface area (Å²) < 4.78 is 0. The molecule has 0 bridgehead atoms. The third kappa shape index (κ3) is 3.82. The summed E-state index contributed by atoms with van der Waals surface area (Å²) in [7, 11) is 0. The van der Waals surface area contributed by atoms with Crippen LogP contribution in [0.3, 0.4) is 0 Å². The molecule has 0 aromatic heterocycles. The lowest BCUT2D eigenvalue weighted by atomic mass is 9.87. The van der Waals surface area contributed by atoms with E-state index >= 15 is 0 Å². The first-order valence-corrected chi connectivity index (χ1v) is 7.00. The van der Waals surface area contributed by atoms with Crippen LogP contribution in [0.15, 0.2) is 48.5 Å². The molecule has 1 unspecified atom stereocenters. The van der Waals surface area contributed by atoms with Gasteiger partial charge in [-0.3, -0.25) is 0 Å². The average molecular weight is 274 g/mol. The number of rotatable bonds is 4. The number of halogens is 1. The summed E-state index contributed by atoms with van der Waals surface area (Å²) in [4.78, 5) is 0. The quantitative estimate of drug-likeness (QED) is 0.882. The van der Waals surface area contributed by atoms with Crippen molar-refractivity contribution in [1.29, 1.82) is 0 Å². The number of aryl methyl sites for hydroxylation is 1. The van der Waals surface area contributed by atoms with Gasteiger partial charge in [-0.1, -0.05) is 53.6 Å². The molecule has 0 saturated carbocycles. The van der Waals surface area contributed by atoms with Crippen molar-refractivity contribution in [2.45, 2.75) is 32.2 Å². The zero-order valence-corrected chi connectivity index (χ0v) is 12.2. The topological polar surface area (TPSA) is 26.0 Å². The maximum Gasteiger partial charge on any atom is 0.0406 e. The Labute approximate surface area is 120 Å². The van der Waals surface area contributed by atoms with Crippen LogP contribution in [0.25, 0.3) is 0 Å². The number of hydrogen-bond acceptors (Lipinski definition) is 1. The van der Waals surface area contributed by atoms with E-state index < -0.39 is 0 Å². The standard InChI is InChI=1S/C17H20ClN/c1-12-3-5-14(6-4-12)11-17(13(2)19)15-7-9-16(18)10-8-15/h3-10,13,17H,11,19H2,1-2H3/t13?,17-/m0/s1. The van der Waals surface area contributed by atoms with E-state index in [2.05, 4.69) is 50.2 Å². The molecule has 2 N–H and O–H groups in total. The molecule has 2 rings (SSSR count). The van der Waals surface area contributed by atoms with E-state index in [4.69, 9.17) is 17.3 Å². The van der Waals surface area contributed by atoms with E-state index in [0.29, 0.717) is 5.92 Å². The summed E-state index contributed by atoms with van der Waals surface area (Å²) >= 11 is 5.94. The third-order valence-corrected chi connectivity index (χ3v) is 3.76.